The van der Waals surface area contributed by atoms with Crippen LogP contribution in [0.25, 0.3) is 6.08 Å². The number of anilines is 1. The van der Waals surface area contributed by atoms with E-state index in [4.69, 9.17) is 9.47 Å². The van der Waals surface area contributed by atoms with Crippen LogP contribution in [-0.2, 0) is 19.1 Å². The van der Waals surface area contributed by atoms with Crippen LogP contribution in [0.5, 0.6) is 11.5 Å². The van der Waals surface area contributed by atoms with Crippen molar-refractivity contribution in [2.24, 2.45) is 0 Å². The summed E-state index contributed by atoms with van der Waals surface area (Å²) in [6, 6.07) is 10.4. The van der Waals surface area contributed by atoms with E-state index in [0.717, 1.165) is 4.90 Å². The van der Waals surface area contributed by atoms with Crippen LogP contribution in [0, 0.1) is 0 Å². The van der Waals surface area contributed by atoms with E-state index >= 15 is 0 Å². The number of nitrogens with one attached hydrogen (secondary N) is 1. The second kappa shape index (κ2) is 9.43. The summed E-state index contributed by atoms with van der Waals surface area (Å²) < 4.78 is 15.8. The van der Waals surface area contributed by atoms with Gasteiger partial charge in [0.2, 0.25) is 0 Å². The number of nitrogens with zero attached hydrogens (tertiary/aromatic N) is 1. The van der Waals surface area contributed by atoms with Crippen molar-refractivity contribution in [1.82, 2.24) is 5.32 Å². The first-order valence-corrected chi connectivity index (χ1v) is 9.68. The molecule has 4 amide bonds. The lowest BCUT2D eigenvalue weighted by atomic mass is 10.1. The maximum Gasteiger partial charge on any atom is 0.343 e. The molecule has 31 heavy (non-hydrogen) atoms. The van der Waals surface area contributed by atoms with Crippen molar-refractivity contribution in [1.29, 1.82) is 0 Å². The largest absolute Gasteiger partial charge is 0.493 e. The number of benzene rings is 2. The van der Waals surface area contributed by atoms with E-state index in [1.54, 1.807) is 30.3 Å². The predicted octanol–water partition coefficient (Wildman–Crippen LogP) is 2.68. The summed E-state index contributed by atoms with van der Waals surface area (Å²) >= 11 is 3.29. The molecule has 1 aliphatic rings. The van der Waals surface area contributed by atoms with Gasteiger partial charge in [0.1, 0.15) is 5.57 Å². The second-order valence-electron chi connectivity index (χ2n) is 6.21. The molecular formula is C21H17BrN2O7. The summed E-state index contributed by atoms with van der Waals surface area (Å²) in [6.45, 7) is -0.308. The highest BCUT2D eigenvalue weighted by atomic mass is 79.9. The summed E-state index contributed by atoms with van der Waals surface area (Å²) in [5.74, 6) is -1.58. The van der Waals surface area contributed by atoms with Gasteiger partial charge >= 0.3 is 12.0 Å². The Hall–Kier alpha value is -3.66. The third kappa shape index (κ3) is 4.92. The van der Waals surface area contributed by atoms with E-state index in [1.807, 2.05) is 0 Å². The predicted molar refractivity (Wildman–Crippen MR) is 114 cm³/mol. The molecule has 1 saturated heterocycles. The van der Waals surface area contributed by atoms with Crippen LogP contribution in [0.1, 0.15) is 5.56 Å². The average molecular weight is 489 g/mol. The molecule has 0 radical (unpaired) electrons. The molecule has 2 aromatic carbocycles. The van der Waals surface area contributed by atoms with Crippen molar-refractivity contribution >= 4 is 51.5 Å². The molecule has 0 aromatic heterocycles. The number of rotatable bonds is 6. The molecule has 0 aliphatic carbocycles. The molecule has 1 N–H and O–H groups in total. The zero-order chi connectivity index (χ0) is 22.5. The van der Waals surface area contributed by atoms with Crippen molar-refractivity contribution in [3.63, 3.8) is 0 Å². The van der Waals surface area contributed by atoms with E-state index in [0.29, 0.717) is 15.7 Å². The summed E-state index contributed by atoms with van der Waals surface area (Å²) in [5, 5.41) is 2.16. The molecule has 0 saturated carbocycles. The standard InChI is InChI=1S/C21H17BrN2O7/c1-29-17-9-12(6-7-16(17)31-11-18(25)30-2)8-15-19(26)23-21(28)24(20(15)27)14-5-3-4-13(22)10-14/h3-10H,11H2,1-2H3,(H,23,26,28)/b15-8-. The third-order valence-electron chi connectivity index (χ3n) is 4.24. The normalized spacial score (nSPS) is 15.0. The van der Waals surface area contributed by atoms with E-state index in [2.05, 4.69) is 26.0 Å². The molecule has 2 aromatic rings. The number of carbonyl (C=O) groups is 4. The molecular weight excluding hydrogens is 472 g/mol. The van der Waals surface area contributed by atoms with E-state index in [9.17, 15) is 19.2 Å². The van der Waals surface area contributed by atoms with Gasteiger partial charge in [0.15, 0.2) is 18.1 Å². The van der Waals surface area contributed by atoms with Crippen LogP contribution in [0.3, 0.4) is 0 Å². The highest BCUT2D eigenvalue weighted by Gasteiger charge is 2.36. The number of esters is 1. The quantitative estimate of drug-likeness (QED) is 0.377. The fraction of sp³-hybridized carbons (Fsp3) is 0.143. The Balaban J connectivity index is 1.92. The van der Waals surface area contributed by atoms with E-state index in [1.165, 1.54) is 32.4 Å². The number of carbonyl (C=O) groups excluding carboxylic acids is 4. The van der Waals surface area contributed by atoms with Gasteiger partial charge in [-0.2, -0.15) is 0 Å². The fourth-order valence-electron chi connectivity index (χ4n) is 2.76. The minimum absolute atomic E-state index is 0.232. The minimum Gasteiger partial charge on any atom is -0.493 e. The van der Waals surface area contributed by atoms with Gasteiger partial charge in [-0.05, 0) is 42.0 Å². The molecule has 1 fully saturated rings. The average Bonchev–Trinajstić information content (AvgIpc) is 2.75. The van der Waals surface area contributed by atoms with Crippen molar-refractivity contribution in [3.8, 4) is 11.5 Å². The van der Waals surface area contributed by atoms with Gasteiger partial charge in [0.25, 0.3) is 11.8 Å². The molecule has 0 unspecified atom stereocenters. The van der Waals surface area contributed by atoms with Crippen molar-refractivity contribution in [3.05, 3.63) is 58.1 Å². The van der Waals surface area contributed by atoms with Crippen molar-refractivity contribution in [2.45, 2.75) is 0 Å². The van der Waals surface area contributed by atoms with Crippen molar-refractivity contribution in [2.75, 3.05) is 25.7 Å². The van der Waals surface area contributed by atoms with Gasteiger partial charge in [-0.25, -0.2) is 14.5 Å². The Morgan fingerprint density at radius 3 is 2.55 bits per heavy atom. The van der Waals surface area contributed by atoms with Gasteiger partial charge in [-0.1, -0.05) is 28.1 Å². The van der Waals surface area contributed by atoms with Crippen LogP contribution in [0.2, 0.25) is 0 Å². The summed E-state index contributed by atoms with van der Waals surface area (Å²) in [6.07, 6.45) is 1.34. The highest BCUT2D eigenvalue weighted by molar-refractivity contribution is 9.10. The molecule has 0 atom stereocenters. The van der Waals surface area contributed by atoms with Crippen LogP contribution in [0.15, 0.2) is 52.5 Å². The maximum atomic E-state index is 12.9. The molecule has 0 bridgehead atoms. The number of imide groups is 2. The Kier molecular flexibility index (Phi) is 6.71. The minimum atomic E-state index is -0.839. The molecule has 1 aliphatic heterocycles. The Morgan fingerprint density at radius 2 is 1.87 bits per heavy atom. The third-order valence-corrected chi connectivity index (χ3v) is 4.73. The highest BCUT2D eigenvalue weighted by Crippen LogP contribution is 2.30. The van der Waals surface area contributed by atoms with Crippen LogP contribution < -0.4 is 19.7 Å². The number of barbiturate groups is 1. The first-order chi connectivity index (χ1) is 14.8. The lowest BCUT2D eigenvalue weighted by Gasteiger charge is -2.26. The summed E-state index contributed by atoms with van der Waals surface area (Å²) in [4.78, 5) is 49.7. The van der Waals surface area contributed by atoms with Crippen molar-refractivity contribution < 1.29 is 33.4 Å². The number of urea groups is 1. The number of ether oxygens (including phenoxy) is 3. The molecule has 3 rings (SSSR count). The molecule has 160 valence electrons. The van der Waals surface area contributed by atoms with Crippen LogP contribution >= 0.6 is 15.9 Å². The lowest BCUT2D eigenvalue weighted by molar-refractivity contribution is -0.143. The lowest BCUT2D eigenvalue weighted by Crippen LogP contribution is -2.54. The maximum absolute atomic E-state index is 12.9. The summed E-state index contributed by atoms with van der Waals surface area (Å²) in [7, 11) is 2.65. The van der Waals surface area contributed by atoms with E-state index < -0.39 is 23.8 Å². The number of halogens is 1. The first-order valence-electron chi connectivity index (χ1n) is 8.88. The fourth-order valence-corrected chi connectivity index (χ4v) is 3.15. The number of methoxy groups -OCH3 is 2. The van der Waals surface area contributed by atoms with Gasteiger partial charge in [-0.15, -0.1) is 0 Å². The molecule has 1 heterocycles. The topological polar surface area (TPSA) is 111 Å². The van der Waals surface area contributed by atoms with Gasteiger partial charge in [0.05, 0.1) is 19.9 Å². The molecule has 9 nitrogen and oxygen atoms in total. The smallest absolute Gasteiger partial charge is 0.343 e. The number of hydrogen-bond acceptors (Lipinski definition) is 7. The first kappa shape index (κ1) is 22.0. The number of amides is 4. The Labute approximate surface area is 185 Å². The summed E-state index contributed by atoms with van der Waals surface area (Å²) in [5.41, 5.74) is 0.522. The monoisotopic (exact) mass is 488 g/mol. The molecule has 10 heteroatoms. The Morgan fingerprint density at radius 1 is 1.10 bits per heavy atom. The number of hydrogen-bond donors (Lipinski definition) is 1. The zero-order valence-corrected chi connectivity index (χ0v) is 18.1. The van der Waals surface area contributed by atoms with Gasteiger partial charge in [0, 0.05) is 4.47 Å². The van der Waals surface area contributed by atoms with E-state index in [-0.39, 0.29) is 23.7 Å². The SMILES string of the molecule is COC(=O)COc1ccc(/C=C2/C(=O)NC(=O)N(c3cccc(Br)c3)C2=O)cc1OC. The second-order valence-corrected chi connectivity index (χ2v) is 7.13. The van der Waals surface area contributed by atoms with Gasteiger partial charge in [-0.3, -0.25) is 14.9 Å². The van der Waals surface area contributed by atoms with Crippen LogP contribution in [-0.4, -0.2) is 44.6 Å². The zero-order valence-electron chi connectivity index (χ0n) is 16.5. The van der Waals surface area contributed by atoms with Crippen LogP contribution in [0.4, 0.5) is 10.5 Å². The van der Waals surface area contributed by atoms with Gasteiger partial charge < -0.3 is 14.2 Å². The molecule has 0 spiro atoms. The Bertz CT molecular complexity index is 1100.